The molecule has 6 nitrogen and oxygen atoms in total. The van der Waals surface area contributed by atoms with E-state index in [2.05, 4.69) is 70.1 Å². The fourth-order valence-electron chi connectivity index (χ4n) is 5.22. The first kappa shape index (κ1) is 31.3. The Kier molecular flexibility index (Phi) is 13.8. The molecule has 4 rings (SSSR count). The van der Waals surface area contributed by atoms with Gasteiger partial charge in [0.25, 0.3) is 0 Å². The molecule has 0 aliphatic carbocycles. The highest BCUT2D eigenvalue weighted by molar-refractivity contribution is 5.85. The molecule has 2 heterocycles. The summed E-state index contributed by atoms with van der Waals surface area (Å²) in [5, 5.41) is 7.02. The van der Waals surface area contributed by atoms with E-state index in [-0.39, 0.29) is 47.2 Å². The number of benzene rings is 2. The number of halogens is 2. The maximum Gasteiger partial charge on any atom is 0.217 e. The highest BCUT2D eigenvalue weighted by Crippen LogP contribution is 2.35. The number of likely N-dealkylation sites (tertiary alicyclic amines) is 1. The lowest BCUT2D eigenvalue weighted by Crippen LogP contribution is -2.56. The summed E-state index contributed by atoms with van der Waals surface area (Å²) in [6.45, 7) is 4.81. The highest BCUT2D eigenvalue weighted by Gasteiger charge is 2.39. The number of nitrogens with zero attached hydrogens (tertiary/aromatic N) is 1. The van der Waals surface area contributed by atoms with Gasteiger partial charge >= 0.3 is 0 Å². The number of hydrogen-bond acceptors (Lipinski definition) is 3. The molecule has 186 valence electrons. The molecule has 2 saturated heterocycles. The van der Waals surface area contributed by atoms with Gasteiger partial charge in [-0.1, -0.05) is 60.7 Å². The number of carbonyl (C=O) groups is 1. The van der Waals surface area contributed by atoms with Crippen LogP contribution in [0.4, 0.5) is 0 Å². The number of carbonyl (C=O) groups excluding carboxylic acids is 1. The normalized spacial score (nSPS) is 21.7. The third kappa shape index (κ3) is 7.95. The summed E-state index contributed by atoms with van der Waals surface area (Å²) >= 11 is 0. The zero-order valence-electron chi connectivity index (χ0n) is 19.3. The van der Waals surface area contributed by atoms with Crippen LogP contribution >= 0.6 is 24.8 Å². The molecule has 0 radical (unpaired) electrons. The Balaban J connectivity index is 0.00000256. The molecule has 2 aliphatic rings. The van der Waals surface area contributed by atoms with Crippen molar-refractivity contribution in [2.45, 2.75) is 56.7 Å². The third-order valence-corrected chi connectivity index (χ3v) is 6.70. The van der Waals surface area contributed by atoms with Gasteiger partial charge in [-0.2, -0.15) is 0 Å². The highest BCUT2D eigenvalue weighted by atomic mass is 35.5. The topological polar surface area (TPSA) is 107 Å². The van der Waals surface area contributed by atoms with Gasteiger partial charge in [-0.05, 0) is 49.8 Å². The van der Waals surface area contributed by atoms with Crippen molar-refractivity contribution in [2.24, 2.45) is 0 Å². The van der Waals surface area contributed by atoms with E-state index in [1.165, 1.54) is 24.0 Å². The summed E-state index contributed by atoms with van der Waals surface area (Å²) in [6.07, 6.45) is 5.47. The number of piperidine rings is 2. The van der Waals surface area contributed by atoms with Gasteiger partial charge in [0.2, 0.25) is 5.91 Å². The monoisotopic (exact) mass is 499 g/mol. The van der Waals surface area contributed by atoms with E-state index in [9.17, 15) is 4.79 Å². The number of nitrogens with one attached hydrogen (secondary N) is 2. The summed E-state index contributed by atoms with van der Waals surface area (Å²) in [7, 11) is 0. The predicted octanol–water partition coefficient (Wildman–Crippen LogP) is 2.67. The fraction of sp³-hybridized carbons (Fsp3) is 0.480. The minimum absolute atomic E-state index is 0. The van der Waals surface area contributed by atoms with Crippen LogP contribution in [0, 0.1) is 0 Å². The third-order valence-electron chi connectivity index (χ3n) is 6.70. The first-order valence-corrected chi connectivity index (χ1v) is 11.0. The Morgan fingerprint density at radius 2 is 1.58 bits per heavy atom. The molecule has 2 aromatic rings. The van der Waals surface area contributed by atoms with Gasteiger partial charge in [0, 0.05) is 32.1 Å². The van der Waals surface area contributed by atoms with Crippen molar-refractivity contribution in [1.29, 1.82) is 0 Å². The van der Waals surface area contributed by atoms with E-state index in [1.54, 1.807) is 6.92 Å². The molecule has 0 aromatic heterocycles. The second-order valence-corrected chi connectivity index (χ2v) is 8.68. The largest absolute Gasteiger partial charge is 0.412 e. The number of amides is 1. The van der Waals surface area contributed by atoms with Crippen LogP contribution in [-0.2, 0) is 16.8 Å². The standard InChI is InChI=1S/C25H33N3O.2ClH.2H2O/c1-20(29)27-25(22-10-6-3-7-11-22)13-16-28(17-14-25)24-12-15-26-23(19-24)18-21-8-4-2-5-9-21;;;;/h2-11,23-24,26H,12-19H2,1H3,(H,27,29);2*1H;2*1H2. The summed E-state index contributed by atoms with van der Waals surface area (Å²) in [5.41, 5.74) is 2.43. The SMILES string of the molecule is CC(=O)NC1(c2ccccc2)CCN(C2CCNC(Cc3ccccc3)C2)CC1.Cl.Cl.O.O. The van der Waals surface area contributed by atoms with Gasteiger partial charge in [-0.15, -0.1) is 24.8 Å². The van der Waals surface area contributed by atoms with Crippen LogP contribution in [0.2, 0.25) is 0 Å². The maximum absolute atomic E-state index is 12.0. The fourth-order valence-corrected chi connectivity index (χ4v) is 5.22. The zero-order valence-corrected chi connectivity index (χ0v) is 20.9. The smallest absolute Gasteiger partial charge is 0.217 e. The van der Waals surface area contributed by atoms with Gasteiger partial charge < -0.3 is 26.5 Å². The van der Waals surface area contributed by atoms with Crippen LogP contribution in [0.15, 0.2) is 60.7 Å². The van der Waals surface area contributed by atoms with E-state index in [4.69, 9.17) is 0 Å². The van der Waals surface area contributed by atoms with Crippen LogP contribution < -0.4 is 10.6 Å². The van der Waals surface area contributed by atoms with Crippen LogP contribution in [0.5, 0.6) is 0 Å². The summed E-state index contributed by atoms with van der Waals surface area (Å²) in [6, 6.07) is 22.5. The van der Waals surface area contributed by atoms with Crippen molar-refractivity contribution < 1.29 is 15.7 Å². The molecule has 0 saturated carbocycles. The van der Waals surface area contributed by atoms with Crippen molar-refractivity contribution in [1.82, 2.24) is 15.5 Å². The lowest BCUT2D eigenvalue weighted by atomic mass is 9.79. The van der Waals surface area contributed by atoms with Crippen molar-refractivity contribution in [3.05, 3.63) is 71.8 Å². The zero-order chi connectivity index (χ0) is 20.1. The van der Waals surface area contributed by atoms with Gasteiger partial charge in [0.1, 0.15) is 0 Å². The Morgan fingerprint density at radius 3 is 2.15 bits per heavy atom. The summed E-state index contributed by atoms with van der Waals surface area (Å²) in [4.78, 5) is 14.6. The van der Waals surface area contributed by atoms with Crippen molar-refractivity contribution in [3.63, 3.8) is 0 Å². The quantitative estimate of drug-likeness (QED) is 0.659. The van der Waals surface area contributed by atoms with Gasteiger partial charge in [0.15, 0.2) is 0 Å². The van der Waals surface area contributed by atoms with Crippen LogP contribution in [0.1, 0.15) is 43.7 Å². The maximum atomic E-state index is 12.0. The van der Waals surface area contributed by atoms with Crippen molar-refractivity contribution >= 4 is 30.7 Å². The Hall–Kier alpha value is -1.67. The van der Waals surface area contributed by atoms with Gasteiger partial charge in [-0.25, -0.2) is 0 Å². The van der Waals surface area contributed by atoms with E-state index < -0.39 is 0 Å². The van der Waals surface area contributed by atoms with E-state index in [1.807, 2.05) is 6.07 Å². The van der Waals surface area contributed by atoms with Crippen LogP contribution in [0.25, 0.3) is 0 Å². The minimum Gasteiger partial charge on any atom is -0.412 e. The number of hydrogen-bond donors (Lipinski definition) is 2. The predicted molar refractivity (Wildman–Crippen MR) is 139 cm³/mol. The molecule has 2 atom stereocenters. The molecule has 2 aliphatic heterocycles. The second kappa shape index (κ2) is 14.6. The van der Waals surface area contributed by atoms with Gasteiger partial charge in [-0.3, -0.25) is 4.79 Å². The van der Waals surface area contributed by atoms with E-state index in [0.29, 0.717) is 12.1 Å². The van der Waals surface area contributed by atoms with Gasteiger partial charge in [0.05, 0.1) is 5.54 Å². The molecule has 1 amide bonds. The van der Waals surface area contributed by atoms with Crippen molar-refractivity contribution in [2.75, 3.05) is 19.6 Å². The summed E-state index contributed by atoms with van der Waals surface area (Å²) in [5.74, 6) is 0.0621. The molecule has 33 heavy (non-hydrogen) atoms. The lowest BCUT2D eigenvalue weighted by molar-refractivity contribution is -0.121. The van der Waals surface area contributed by atoms with Crippen molar-refractivity contribution in [3.8, 4) is 0 Å². The first-order chi connectivity index (χ1) is 14.1. The average Bonchev–Trinajstić information content (AvgIpc) is 2.75. The molecular weight excluding hydrogens is 461 g/mol. The molecule has 8 heteroatoms. The molecule has 6 N–H and O–H groups in total. The molecule has 2 fully saturated rings. The van der Waals surface area contributed by atoms with Crippen LogP contribution in [0.3, 0.4) is 0 Å². The van der Waals surface area contributed by atoms with E-state index >= 15 is 0 Å². The molecule has 2 aromatic carbocycles. The average molecular weight is 501 g/mol. The summed E-state index contributed by atoms with van der Waals surface area (Å²) < 4.78 is 0. The molecule has 0 bridgehead atoms. The first-order valence-electron chi connectivity index (χ1n) is 11.0. The van der Waals surface area contributed by atoms with E-state index in [0.717, 1.165) is 38.9 Å². The second-order valence-electron chi connectivity index (χ2n) is 8.68. The Bertz CT molecular complexity index is 803. The minimum atomic E-state index is -0.222. The molecule has 0 spiro atoms. The van der Waals surface area contributed by atoms with Crippen LogP contribution in [-0.4, -0.2) is 53.5 Å². The Labute approximate surface area is 210 Å². The molecular formula is C25H39Cl2N3O3. The molecule has 2 unspecified atom stereocenters. The Morgan fingerprint density at radius 1 is 1.00 bits per heavy atom. The number of rotatable bonds is 5. The lowest BCUT2D eigenvalue weighted by Gasteiger charge is -2.47.